The van der Waals surface area contributed by atoms with E-state index in [1.807, 2.05) is 0 Å². The predicted octanol–water partition coefficient (Wildman–Crippen LogP) is 5.98. The van der Waals surface area contributed by atoms with Crippen LogP contribution in [0.1, 0.15) is 43.0 Å². The summed E-state index contributed by atoms with van der Waals surface area (Å²) >= 11 is 3.61. The first-order chi connectivity index (χ1) is 9.77. The molecule has 2 aromatic carbocycles. The van der Waals surface area contributed by atoms with Crippen LogP contribution < -0.4 is 5.32 Å². The van der Waals surface area contributed by atoms with Crippen LogP contribution in [-0.2, 0) is 12.0 Å². The van der Waals surface area contributed by atoms with Gasteiger partial charge in [0.2, 0.25) is 0 Å². The van der Waals surface area contributed by atoms with Gasteiger partial charge >= 0.3 is 0 Å². The highest BCUT2D eigenvalue weighted by Crippen LogP contribution is 2.26. The van der Waals surface area contributed by atoms with Gasteiger partial charge in [-0.25, -0.2) is 0 Å². The number of rotatable bonds is 3. The second-order valence-corrected chi connectivity index (χ2v) is 7.52. The molecule has 0 heterocycles. The normalized spacial score (nSPS) is 11.5. The van der Waals surface area contributed by atoms with Crippen LogP contribution >= 0.6 is 15.9 Å². The molecule has 0 spiro atoms. The van der Waals surface area contributed by atoms with Crippen molar-refractivity contribution in [1.82, 2.24) is 0 Å². The molecule has 0 aliphatic rings. The highest BCUT2D eigenvalue weighted by atomic mass is 79.9. The fraction of sp³-hybridized carbons (Fsp3) is 0.368. The SMILES string of the molecule is Cc1cc(NCc2ccc(C(C)(C)C)cc2)cc(C)c1Br. The fourth-order valence-electron chi connectivity index (χ4n) is 2.37. The molecular weight excluding hydrogens is 322 g/mol. The second kappa shape index (κ2) is 6.23. The maximum Gasteiger partial charge on any atom is 0.0400 e. The lowest BCUT2D eigenvalue weighted by atomic mass is 9.87. The van der Waals surface area contributed by atoms with Crippen molar-refractivity contribution in [3.63, 3.8) is 0 Å². The van der Waals surface area contributed by atoms with E-state index < -0.39 is 0 Å². The number of hydrogen-bond acceptors (Lipinski definition) is 1. The molecule has 0 unspecified atom stereocenters. The van der Waals surface area contributed by atoms with Crippen LogP contribution in [0.15, 0.2) is 40.9 Å². The summed E-state index contributed by atoms with van der Waals surface area (Å²) in [5, 5.41) is 3.51. The Bertz CT molecular complexity index is 598. The number of nitrogens with one attached hydrogen (secondary N) is 1. The maximum absolute atomic E-state index is 3.61. The van der Waals surface area contributed by atoms with E-state index in [0.717, 1.165) is 6.54 Å². The van der Waals surface area contributed by atoms with Gasteiger partial charge in [-0.15, -0.1) is 0 Å². The number of anilines is 1. The molecule has 0 fully saturated rings. The zero-order chi connectivity index (χ0) is 15.6. The summed E-state index contributed by atoms with van der Waals surface area (Å²) in [6.45, 7) is 11.8. The summed E-state index contributed by atoms with van der Waals surface area (Å²) in [7, 11) is 0. The Morgan fingerprint density at radius 2 is 1.48 bits per heavy atom. The molecule has 0 atom stereocenters. The van der Waals surface area contributed by atoms with Crippen LogP contribution in [0.5, 0.6) is 0 Å². The van der Waals surface area contributed by atoms with E-state index >= 15 is 0 Å². The first-order valence-electron chi connectivity index (χ1n) is 7.37. The van der Waals surface area contributed by atoms with E-state index in [0.29, 0.717) is 0 Å². The molecule has 0 bridgehead atoms. The number of aryl methyl sites for hydroxylation is 2. The molecule has 2 rings (SSSR count). The van der Waals surface area contributed by atoms with E-state index in [-0.39, 0.29) is 5.41 Å². The number of halogens is 1. The van der Waals surface area contributed by atoms with Crippen molar-refractivity contribution >= 4 is 21.6 Å². The van der Waals surface area contributed by atoms with Gasteiger partial charge in [-0.1, -0.05) is 61.0 Å². The molecule has 1 nitrogen and oxygen atoms in total. The standard InChI is InChI=1S/C19H24BrN/c1-13-10-17(11-14(2)18(13)20)21-12-15-6-8-16(9-7-15)19(3,4)5/h6-11,21H,12H2,1-5H3. The van der Waals surface area contributed by atoms with E-state index in [2.05, 4.69) is 92.3 Å². The molecule has 0 aromatic heterocycles. The minimum atomic E-state index is 0.214. The predicted molar refractivity (Wildman–Crippen MR) is 96.1 cm³/mol. The van der Waals surface area contributed by atoms with Gasteiger partial charge in [0.05, 0.1) is 0 Å². The van der Waals surface area contributed by atoms with Crippen molar-refractivity contribution < 1.29 is 0 Å². The van der Waals surface area contributed by atoms with Crippen molar-refractivity contribution in [2.45, 2.75) is 46.6 Å². The quantitative estimate of drug-likeness (QED) is 0.721. The molecule has 0 aliphatic carbocycles. The zero-order valence-electron chi connectivity index (χ0n) is 13.5. The number of hydrogen-bond donors (Lipinski definition) is 1. The Morgan fingerprint density at radius 1 is 0.952 bits per heavy atom. The molecule has 0 saturated carbocycles. The molecule has 0 aliphatic heterocycles. The van der Waals surface area contributed by atoms with Gasteiger partial charge < -0.3 is 5.32 Å². The third-order valence-corrected chi connectivity index (χ3v) is 5.00. The lowest BCUT2D eigenvalue weighted by Gasteiger charge is -2.19. The Balaban J connectivity index is 2.07. The van der Waals surface area contributed by atoms with Crippen LogP contribution in [0.3, 0.4) is 0 Å². The number of benzene rings is 2. The molecular formula is C19H24BrN. The average Bonchev–Trinajstić information content (AvgIpc) is 2.42. The van der Waals surface area contributed by atoms with Crippen LogP contribution in [0, 0.1) is 13.8 Å². The summed E-state index contributed by atoms with van der Waals surface area (Å²) in [5.74, 6) is 0. The van der Waals surface area contributed by atoms with Gasteiger partial charge in [0.25, 0.3) is 0 Å². The topological polar surface area (TPSA) is 12.0 Å². The molecule has 21 heavy (non-hydrogen) atoms. The van der Waals surface area contributed by atoms with Crippen LogP contribution in [-0.4, -0.2) is 0 Å². The summed E-state index contributed by atoms with van der Waals surface area (Å²) < 4.78 is 1.20. The van der Waals surface area contributed by atoms with Crippen LogP contribution in [0.25, 0.3) is 0 Å². The Kier molecular flexibility index (Phi) is 4.77. The third kappa shape index (κ3) is 4.10. The highest BCUT2D eigenvalue weighted by molar-refractivity contribution is 9.10. The molecule has 0 radical (unpaired) electrons. The van der Waals surface area contributed by atoms with Crippen LogP contribution in [0.2, 0.25) is 0 Å². The zero-order valence-corrected chi connectivity index (χ0v) is 15.1. The molecule has 0 amide bonds. The Hall–Kier alpha value is -1.28. The van der Waals surface area contributed by atoms with Crippen molar-refractivity contribution in [2.24, 2.45) is 0 Å². The van der Waals surface area contributed by atoms with Gasteiger partial charge in [0, 0.05) is 16.7 Å². The first-order valence-corrected chi connectivity index (χ1v) is 8.17. The molecule has 2 aromatic rings. The fourth-order valence-corrected chi connectivity index (χ4v) is 2.60. The third-order valence-electron chi connectivity index (χ3n) is 3.75. The van der Waals surface area contributed by atoms with E-state index in [4.69, 9.17) is 0 Å². The summed E-state index contributed by atoms with van der Waals surface area (Å²) in [6, 6.07) is 13.3. The summed E-state index contributed by atoms with van der Waals surface area (Å²) in [5.41, 5.74) is 6.60. The van der Waals surface area contributed by atoms with Crippen molar-refractivity contribution in [3.05, 3.63) is 63.1 Å². The monoisotopic (exact) mass is 345 g/mol. The van der Waals surface area contributed by atoms with E-state index in [9.17, 15) is 0 Å². The largest absolute Gasteiger partial charge is 0.381 e. The smallest absolute Gasteiger partial charge is 0.0400 e. The van der Waals surface area contributed by atoms with E-state index in [1.54, 1.807) is 0 Å². The van der Waals surface area contributed by atoms with Gasteiger partial charge in [-0.05, 0) is 53.6 Å². The van der Waals surface area contributed by atoms with Gasteiger partial charge in [-0.3, -0.25) is 0 Å². The first kappa shape index (κ1) is 16.1. The lowest BCUT2D eigenvalue weighted by molar-refractivity contribution is 0.590. The maximum atomic E-state index is 3.61. The Labute approximate surface area is 136 Å². The minimum Gasteiger partial charge on any atom is -0.381 e. The lowest BCUT2D eigenvalue weighted by Crippen LogP contribution is -2.11. The van der Waals surface area contributed by atoms with Gasteiger partial charge in [0.15, 0.2) is 0 Å². The summed E-state index contributed by atoms with van der Waals surface area (Å²) in [4.78, 5) is 0. The van der Waals surface area contributed by atoms with Crippen LogP contribution in [0.4, 0.5) is 5.69 Å². The average molecular weight is 346 g/mol. The van der Waals surface area contributed by atoms with Crippen molar-refractivity contribution in [3.8, 4) is 0 Å². The summed E-state index contributed by atoms with van der Waals surface area (Å²) in [6.07, 6.45) is 0. The minimum absolute atomic E-state index is 0.214. The van der Waals surface area contributed by atoms with Gasteiger partial charge in [-0.2, -0.15) is 0 Å². The highest BCUT2D eigenvalue weighted by Gasteiger charge is 2.12. The van der Waals surface area contributed by atoms with Gasteiger partial charge in [0.1, 0.15) is 0 Å². The van der Waals surface area contributed by atoms with Crippen molar-refractivity contribution in [2.75, 3.05) is 5.32 Å². The molecule has 1 N–H and O–H groups in total. The molecule has 112 valence electrons. The second-order valence-electron chi connectivity index (χ2n) is 6.72. The van der Waals surface area contributed by atoms with E-state index in [1.165, 1.54) is 32.4 Å². The molecule has 0 saturated heterocycles. The molecule has 2 heteroatoms. The Morgan fingerprint density at radius 3 is 1.95 bits per heavy atom. The van der Waals surface area contributed by atoms with Crippen molar-refractivity contribution in [1.29, 1.82) is 0 Å².